The first-order chi connectivity index (χ1) is 10.4. The van der Waals surface area contributed by atoms with Gasteiger partial charge < -0.3 is 16.2 Å². The molecule has 2 aromatic rings. The summed E-state index contributed by atoms with van der Waals surface area (Å²) in [4.78, 5) is 4.18. The van der Waals surface area contributed by atoms with Crippen LogP contribution in [0.4, 0.5) is 5.69 Å². The number of anilines is 1. The highest BCUT2D eigenvalue weighted by Gasteiger charge is 2.07. The molecule has 0 amide bonds. The highest BCUT2D eigenvalue weighted by Crippen LogP contribution is 2.17. The minimum atomic E-state index is -0.711. The second-order valence-corrected chi connectivity index (χ2v) is 5.73. The van der Waals surface area contributed by atoms with E-state index in [9.17, 15) is 5.11 Å². The summed E-state index contributed by atoms with van der Waals surface area (Å²) in [7, 11) is 0. The lowest BCUT2D eigenvalue weighted by molar-refractivity contribution is 0.187. The number of aryl methyl sites for hydroxylation is 2. The molecule has 0 fully saturated rings. The smallest absolute Gasteiger partial charge is 0.193 e. The monoisotopic (exact) mass is 317 g/mol. The van der Waals surface area contributed by atoms with Gasteiger partial charge in [-0.2, -0.15) is 0 Å². The van der Waals surface area contributed by atoms with Crippen molar-refractivity contribution in [1.29, 1.82) is 0 Å². The molecule has 1 atom stereocenters. The van der Waals surface area contributed by atoms with Gasteiger partial charge in [0.15, 0.2) is 5.96 Å². The molecule has 0 aliphatic heterocycles. The fraction of sp³-hybridized carbons (Fsp3) is 0.235. The minimum Gasteiger partial charge on any atom is -0.386 e. The van der Waals surface area contributed by atoms with Gasteiger partial charge in [-0.05, 0) is 54.8 Å². The lowest BCUT2D eigenvalue weighted by Gasteiger charge is -2.11. The van der Waals surface area contributed by atoms with Crippen LogP contribution in [0.3, 0.4) is 0 Å². The molecule has 0 bridgehead atoms. The quantitative estimate of drug-likeness (QED) is 0.597. The zero-order valence-corrected chi connectivity index (χ0v) is 13.4. The number of nitrogens with zero attached hydrogens (tertiary/aromatic N) is 1. The van der Waals surface area contributed by atoms with Crippen LogP contribution in [0.2, 0.25) is 5.02 Å². The van der Waals surface area contributed by atoms with Crippen molar-refractivity contribution in [3.05, 3.63) is 64.2 Å². The second kappa shape index (κ2) is 7.29. The number of aliphatic hydroxyl groups excluding tert-OH is 1. The highest BCUT2D eigenvalue weighted by molar-refractivity contribution is 6.30. The molecule has 0 saturated heterocycles. The summed E-state index contributed by atoms with van der Waals surface area (Å²) in [6, 6.07) is 13.1. The van der Waals surface area contributed by atoms with Gasteiger partial charge in [-0.3, -0.25) is 4.99 Å². The van der Waals surface area contributed by atoms with E-state index in [1.165, 1.54) is 0 Å². The topological polar surface area (TPSA) is 70.6 Å². The Balaban J connectivity index is 1.98. The Kier molecular flexibility index (Phi) is 5.41. The fourth-order valence-corrected chi connectivity index (χ4v) is 2.34. The summed E-state index contributed by atoms with van der Waals surface area (Å²) in [6.07, 6.45) is -0.711. The van der Waals surface area contributed by atoms with Crippen molar-refractivity contribution in [1.82, 2.24) is 0 Å². The van der Waals surface area contributed by atoms with Gasteiger partial charge >= 0.3 is 0 Å². The number of benzene rings is 2. The van der Waals surface area contributed by atoms with Gasteiger partial charge in [0.2, 0.25) is 0 Å². The van der Waals surface area contributed by atoms with Gasteiger partial charge in [-0.25, -0.2) is 0 Å². The van der Waals surface area contributed by atoms with Crippen LogP contribution in [0.15, 0.2) is 47.5 Å². The molecule has 4 N–H and O–H groups in total. The zero-order valence-electron chi connectivity index (χ0n) is 12.7. The summed E-state index contributed by atoms with van der Waals surface area (Å²) >= 11 is 5.82. The van der Waals surface area contributed by atoms with E-state index in [0.717, 1.165) is 22.4 Å². The number of aliphatic hydroxyl groups is 1. The van der Waals surface area contributed by atoms with Crippen LogP contribution in [-0.2, 0) is 0 Å². The molecule has 22 heavy (non-hydrogen) atoms. The minimum absolute atomic E-state index is 0.186. The standard InChI is InChI=1S/C17H20ClN3O/c1-11-7-12(2)9-15(8-11)21-17(19)20-10-16(22)13-3-5-14(18)6-4-13/h3-9,16,22H,10H2,1-2H3,(H3,19,20,21). The van der Waals surface area contributed by atoms with Crippen LogP contribution in [0.1, 0.15) is 22.8 Å². The van der Waals surface area contributed by atoms with Crippen LogP contribution in [-0.4, -0.2) is 17.6 Å². The summed E-state index contributed by atoms with van der Waals surface area (Å²) in [5, 5.41) is 13.8. The van der Waals surface area contributed by atoms with E-state index in [2.05, 4.69) is 16.4 Å². The Hall–Kier alpha value is -2.04. The average molecular weight is 318 g/mol. The zero-order chi connectivity index (χ0) is 16.1. The average Bonchev–Trinajstić information content (AvgIpc) is 2.44. The van der Waals surface area contributed by atoms with E-state index in [1.807, 2.05) is 26.0 Å². The van der Waals surface area contributed by atoms with Gasteiger partial charge in [-0.1, -0.05) is 29.8 Å². The van der Waals surface area contributed by atoms with Gasteiger partial charge in [0, 0.05) is 10.7 Å². The van der Waals surface area contributed by atoms with E-state index in [4.69, 9.17) is 17.3 Å². The third-order valence-electron chi connectivity index (χ3n) is 3.18. The summed E-state index contributed by atoms with van der Waals surface area (Å²) in [6.45, 7) is 4.23. The number of guanidine groups is 1. The number of nitrogens with one attached hydrogen (secondary N) is 1. The number of rotatable bonds is 4. The van der Waals surface area contributed by atoms with Crippen molar-refractivity contribution in [2.75, 3.05) is 11.9 Å². The molecule has 4 nitrogen and oxygen atoms in total. The van der Waals surface area contributed by atoms with E-state index < -0.39 is 6.10 Å². The van der Waals surface area contributed by atoms with Gasteiger partial charge in [0.1, 0.15) is 0 Å². The summed E-state index contributed by atoms with van der Waals surface area (Å²) in [5.74, 6) is 0.276. The first-order valence-corrected chi connectivity index (χ1v) is 7.40. The second-order valence-electron chi connectivity index (χ2n) is 5.29. The number of hydrogen-bond acceptors (Lipinski definition) is 2. The maximum atomic E-state index is 10.1. The number of aliphatic imine (C=N–C) groups is 1. The van der Waals surface area contributed by atoms with Crippen molar-refractivity contribution >= 4 is 23.2 Å². The molecule has 2 aromatic carbocycles. The largest absolute Gasteiger partial charge is 0.386 e. The Morgan fingerprint density at radius 1 is 1.18 bits per heavy atom. The molecule has 1 unspecified atom stereocenters. The van der Waals surface area contributed by atoms with E-state index >= 15 is 0 Å². The van der Waals surface area contributed by atoms with Crippen molar-refractivity contribution < 1.29 is 5.11 Å². The molecule has 116 valence electrons. The molecular weight excluding hydrogens is 298 g/mol. The maximum Gasteiger partial charge on any atom is 0.193 e. The van der Waals surface area contributed by atoms with Crippen molar-refractivity contribution in [2.24, 2.45) is 10.7 Å². The summed E-state index contributed by atoms with van der Waals surface area (Å²) in [5.41, 5.74) is 9.81. The lowest BCUT2D eigenvalue weighted by Crippen LogP contribution is -2.23. The van der Waals surface area contributed by atoms with E-state index in [1.54, 1.807) is 24.3 Å². The normalized spacial score (nSPS) is 13.0. The Morgan fingerprint density at radius 3 is 2.36 bits per heavy atom. The van der Waals surface area contributed by atoms with Crippen LogP contribution in [0, 0.1) is 13.8 Å². The van der Waals surface area contributed by atoms with Crippen LogP contribution < -0.4 is 11.1 Å². The number of halogens is 1. The Bertz CT molecular complexity index is 648. The molecule has 0 aliphatic rings. The Morgan fingerprint density at radius 2 is 1.77 bits per heavy atom. The number of nitrogens with two attached hydrogens (primary N) is 1. The fourth-order valence-electron chi connectivity index (χ4n) is 2.21. The van der Waals surface area contributed by atoms with Crippen molar-refractivity contribution in [2.45, 2.75) is 20.0 Å². The van der Waals surface area contributed by atoms with Crippen LogP contribution in [0.5, 0.6) is 0 Å². The molecule has 0 saturated carbocycles. The van der Waals surface area contributed by atoms with Gasteiger partial charge in [0.05, 0.1) is 12.6 Å². The van der Waals surface area contributed by atoms with Crippen molar-refractivity contribution in [3.8, 4) is 0 Å². The third-order valence-corrected chi connectivity index (χ3v) is 3.44. The van der Waals surface area contributed by atoms with Gasteiger partial charge in [0.25, 0.3) is 0 Å². The van der Waals surface area contributed by atoms with Crippen LogP contribution in [0.25, 0.3) is 0 Å². The molecule has 0 spiro atoms. The predicted octanol–water partition coefficient (Wildman–Crippen LogP) is 3.42. The third kappa shape index (κ3) is 4.76. The van der Waals surface area contributed by atoms with Crippen molar-refractivity contribution in [3.63, 3.8) is 0 Å². The lowest BCUT2D eigenvalue weighted by atomic mass is 10.1. The Labute approximate surface area is 135 Å². The molecule has 5 heteroatoms. The maximum absolute atomic E-state index is 10.1. The first kappa shape index (κ1) is 16.3. The predicted molar refractivity (Wildman–Crippen MR) is 92.4 cm³/mol. The molecule has 0 aromatic heterocycles. The highest BCUT2D eigenvalue weighted by atomic mass is 35.5. The molecule has 0 aliphatic carbocycles. The SMILES string of the molecule is Cc1cc(C)cc(NC(N)=NCC(O)c2ccc(Cl)cc2)c1. The van der Waals surface area contributed by atoms with Gasteiger partial charge in [-0.15, -0.1) is 0 Å². The van der Waals surface area contributed by atoms with E-state index in [-0.39, 0.29) is 12.5 Å². The first-order valence-electron chi connectivity index (χ1n) is 7.03. The molecule has 2 rings (SSSR count). The molecule has 0 radical (unpaired) electrons. The number of hydrogen-bond donors (Lipinski definition) is 3. The van der Waals surface area contributed by atoms with E-state index in [0.29, 0.717) is 5.02 Å². The molecular formula is C17H20ClN3O. The van der Waals surface area contributed by atoms with Crippen LogP contribution >= 0.6 is 11.6 Å². The molecule has 0 heterocycles. The summed E-state index contributed by atoms with van der Waals surface area (Å²) < 4.78 is 0.